The SMILES string of the molecule is Cc1c(C)c(C)c(C(=O)Pc2ccccc2)c(C)c1C.[H-].[Li+]. The maximum Gasteiger partial charge on any atom is 1.00 e. The molecule has 0 bridgehead atoms. The minimum atomic E-state index is 0. The van der Waals surface area contributed by atoms with Crippen molar-refractivity contribution in [1.82, 2.24) is 0 Å². The van der Waals surface area contributed by atoms with Gasteiger partial charge in [-0.1, -0.05) is 30.3 Å². The molecule has 3 heteroatoms. The van der Waals surface area contributed by atoms with Crippen LogP contribution in [0, 0.1) is 34.6 Å². The Kier molecular flexibility index (Phi) is 6.42. The van der Waals surface area contributed by atoms with Gasteiger partial charge in [-0.15, -0.1) is 0 Å². The molecule has 0 heterocycles. The summed E-state index contributed by atoms with van der Waals surface area (Å²) in [6.07, 6.45) is 0. The van der Waals surface area contributed by atoms with Gasteiger partial charge in [0.2, 0.25) is 0 Å². The average Bonchev–Trinajstić information content (AvgIpc) is 2.44. The molecule has 21 heavy (non-hydrogen) atoms. The van der Waals surface area contributed by atoms with Gasteiger partial charge in [0.05, 0.1) is 0 Å². The molecule has 0 spiro atoms. The molecule has 0 fully saturated rings. The molecule has 0 radical (unpaired) electrons. The second-order valence-corrected chi connectivity index (χ2v) is 6.60. The number of hydrogen-bond acceptors (Lipinski definition) is 1. The van der Waals surface area contributed by atoms with Gasteiger partial charge in [-0.3, -0.25) is 4.79 Å². The zero-order valence-electron chi connectivity index (χ0n) is 14.8. The van der Waals surface area contributed by atoms with Gasteiger partial charge < -0.3 is 1.43 Å². The van der Waals surface area contributed by atoms with Crippen molar-refractivity contribution < 1.29 is 25.1 Å². The number of rotatable bonds is 3. The van der Waals surface area contributed by atoms with Crippen LogP contribution in [-0.4, -0.2) is 5.52 Å². The Morgan fingerprint density at radius 1 is 0.810 bits per heavy atom. The van der Waals surface area contributed by atoms with Crippen LogP contribution in [0.3, 0.4) is 0 Å². The molecular formula is C18H22LiOP. The molecule has 0 saturated heterocycles. The van der Waals surface area contributed by atoms with E-state index in [1.807, 2.05) is 30.3 Å². The third kappa shape index (κ3) is 3.67. The van der Waals surface area contributed by atoms with Crippen molar-refractivity contribution in [1.29, 1.82) is 0 Å². The Morgan fingerprint density at radius 3 is 1.71 bits per heavy atom. The molecule has 106 valence electrons. The standard InChI is InChI=1S/C18H21OP.Li.H/c1-11-12(2)14(4)17(15(5)13(11)3)18(19)20-16-9-7-6-8-10-16;;/h6-10,20H,1-5H3;;/q;+1;-1. The molecule has 2 rings (SSSR count). The van der Waals surface area contributed by atoms with Crippen molar-refractivity contribution in [3.05, 3.63) is 63.7 Å². The number of carbonyl (C=O) groups excluding carboxylic acids is 1. The van der Waals surface area contributed by atoms with E-state index in [0.29, 0.717) is 0 Å². The normalized spacial score (nSPS) is 10.7. The van der Waals surface area contributed by atoms with Gasteiger partial charge in [0.25, 0.3) is 0 Å². The fraction of sp³-hybridized carbons (Fsp3) is 0.278. The van der Waals surface area contributed by atoms with Crippen molar-refractivity contribution in [2.45, 2.75) is 34.6 Å². The van der Waals surface area contributed by atoms with E-state index >= 15 is 0 Å². The average molecular weight is 292 g/mol. The fourth-order valence-corrected chi connectivity index (χ4v) is 3.68. The first-order chi connectivity index (χ1) is 9.43. The summed E-state index contributed by atoms with van der Waals surface area (Å²) in [6, 6.07) is 10.0. The Morgan fingerprint density at radius 2 is 1.24 bits per heavy atom. The zero-order chi connectivity index (χ0) is 14.9. The maximum atomic E-state index is 12.7. The zero-order valence-corrected chi connectivity index (χ0v) is 14.8. The summed E-state index contributed by atoms with van der Waals surface area (Å²) >= 11 is 0. The molecule has 1 unspecified atom stereocenters. The maximum absolute atomic E-state index is 12.7. The van der Waals surface area contributed by atoms with Crippen LogP contribution in [-0.2, 0) is 0 Å². The number of hydrogen-bond donors (Lipinski definition) is 0. The first-order valence-corrected chi connectivity index (χ1v) is 7.86. The van der Waals surface area contributed by atoms with Gasteiger partial charge >= 0.3 is 18.9 Å². The number of benzene rings is 2. The third-order valence-corrected chi connectivity index (χ3v) is 5.36. The van der Waals surface area contributed by atoms with Crippen LogP contribution in [0.1, 0.15) is 39.6 Å². The van der Waals surface area contributed by atoms with Crippen molar-refractivity contribution >= 4 is 19.4 Å². The topological polar surface area (TPSA) is 17.1 Å². The summed E-state index contributed by atoms with van der Waals surface area (Å²) in [4.78, 5) is 12.7. The van der Waals surface area contributed by atoms with Crippen LogP contribution in [0.4, 0.5) is 0 Å². The number of carbonyl (C=O) groups is 1. The van der Waals surface area contributed by atoms with Gasteiger partial charge in [-0.05, 0) is 76.3 Å². The Hall–Kier alpha value is -0.863. The van der Waals surface area contributed by atoms with Crippen molar-refractivity contribution in [2.24, 2.45) is 0 Å². The molecule has 1 atom stereocenters. The fourth-order valence-electron chi connectivity index (χ4n) is 2.56. The second-order valence-electron chi connectivity index (χ2n) is 5.32. The Labute approximate surface area is 143 Å². The molecule has 1 nitrogen and oxygen atoms in total. The van der Waals surface area contributed by atoms with Crippen LogP contribution in [0.25, 0.3) is 0 Å². The van der Waals surface area contributed by atoms with Crippen molar-refractivity contribution in [3.63, 3.8) is 0 Å². The second kappa shape index (κ2) is 7.42. The van der Waals surface area contributed by atoms with Crippen LogP contribution in [0.15, 0.2) is 30.3 Å². The molecule has 0 aliphatic heterocycles. The molecule has 0 amide bonds. The predicted octanol–water partition coefficient (Wildman–Crippen LogP) is 1.49. The van der Waals surface area contributed by atoms with Gasteiger partial charge in [0.15, 0.2) is 5.52 Å². The quantitative estimate of drug-likeness (QED) is 0.619. The van der Waals surface area contributed by atoms with Crippen molar-refractivity contribution in [2.75, 3.05) is 0 Å². The first kappa shape index (κ1) is 18.2. The van der Waals surface area contributed by atoms with Crippen LogP contribution in [0.5, 0.6) is 0 Å². The first-order valence-electron chi connectivity index (χ1n) is 6.86. The van der Waals surface area contributed by atoms with E-state index in [1.165, 1.54) is 16.7 Å². The van der Waals surface area contributed by atoms with Crippen LogP contribution >= 0.6 is 8.58 Å². The third-order valence-electron chi connectivity index (χ3n) is 4.26. The summed E-state index contributed by atoms with van der Waals surface area (Å²) in [5, 5.41) is 1.10. The van der Waals surface area contributed by atoms with E-state index in [4.69, 9.17) is 0 Å². The van der Waals surface area contributed by atoms with E-state index in [-0.39, 0.29) is 34.4 Å². The summed E-state index contributed by atoms with van der Waals surface area (Å²) < 4.78 is 0. The van der Waals surface area contributed by atoms with E-state index in [9.17, 15) is 4.79 Å². The van der Waals surface area contributed by atoms with Gasteiger partial charge in [-0.2, -0.15) is 0 Å². The Bertz CT molecular complexity index is 640. The summed E-state index contributed by atoms with van der Waals surface area (Å²) in [5.41, 5.74) is 7.24. The molecule has 0 aliphatic rings. The molecule has 0 saturated carbocycles. The van der Waals surface area contributed by atoms with Gasteiger partial charge in [-0.25, -0.2) is 0 Å². The molecule has 2 aromatic carbocycles. The minimum Gasteiger partial charge on any atom is -1.00 e. The molecule has 0 aliphatic carbocycles. The van der Waals surface area contributed by atoms with E-state index < -0.39 is 0 Å². The van der Waals surface area contributed by atoms with Gasteiger partial charge in [0, 0.05) is 5.56 Å². The Balaban J connectivity index is 0.00000220. The molecule has 0 aromatic heterocycles. The summed E-state index contributed by atoms with van der Waals surface area (Å²) in [7, 11) is 0.199. The molecular weight excluding hydrogens is 270 g/mol. The monoisotopic (exact) mass is 292 g/mol. The largest absolute Gasteiger partial charge is 1.00 e. The van der Waals surface area contributed by atoms with Crippen LogP contribution < -0.4 is 24.2 Å². The predicted molar refractivity (Wildman–Crippen MR) is 90.0 cm³/mol. The smallest absolute Gasteiger partial charge is 1.00 e. The van der Waals surface area contributed by atoms with E-state index in [0.717, 1.165) is 22.0 Å². The summed E-state index contributed by atoms with van der Waals surface area (Å²) in [5.74, 6) is 0. The van der Waals surface area contributed by atoms with Crippen molar-refractivity contribution in [3.8, 4) is 0 Å². The molecule has 2 aromatic rings. The van der Waals surface area contributed by atoms with E-state index in [2.05, 4.69) is 34.6 Å². The molecule has 0 N–H and O–H groups in total. The van der Waals surface area contributed by atoms with Gasteiger partial charge in [0.1, 0.15) is 0 Å². The van der Waals surface area contributed by atoms with E-state index in [1.54, 1.807) is 0 Å². The summed E-state index contributed by atoms with van der Waals surface area (Å²) in [6.45, 7) is 10.5. The van der Waals surface area contributed by atoms with Crippen LogP contribution in [0.2, 0.25) is 0 Å². The minimum absolute atomic E-state index is 0.